The molecule has 2 saturated carbocycles. The molecule has 0 radical (unpaired) electrons. The van der Waals surface area contributed by atoms with Gasteiger partial charge < -0.3 is 5.32 Å². The molecule has 0 amide bonds. The summed E-state index contributed by atoms with van der Waals surface area (Å²) in [4.78, 5) is 0. The van der Waals surface area contributed by atoms with Crippen LogP contribution < -0.4 is 5.32 Å². The SMILES string of the molecule is Fc1ccccc1Cc1nnc(NCC2(C3CC3)CC2)s1. The third kappa shape index (κ3) is 2.79. The lowest BCUT2D eigenvalue weighted by Crippen LogP contribution is -2.17. The summed E-state index contributed by atoms with van der Waals surface area (Å²) in [6, 6.07) is 6.85. The largest absolute Gasteiger partial charge is 0.360 e. The van der Waals surface area contributed by atoms with Crippen LogP contribution in [0.4, 0.5) is 9.52 Å². The average molecular weight is 303 g/mol. The third-order valence-corrected chi connectivity index (χ3v) is 5.57. The van der Waals surface area contributed by atoms with Gasteiger partial charge in [0.05, 0.1) is 0 Å². The molecule has 110 valence electrons. The van der Waals surface area contributed by atoms with Gasteiger partial charge in [-0.3, -0.25) is 0 Å². The number of hydrogen-bond acceptors (Lipinski definition) is 4. The van der Waals surface area contributed by atoms with Gasteiger partial charge in [0.1, 0.15) is 10.8 Å². The van der Waals surface area contributed by atoms with Crippen LogP contribution in [0.2, 0.25) is 0 Å². The molecule has 4 rings (SSSR count). The molecule has 2 aliphatic carbocycles. The minimum atomic E-state index is -0.173. The number of nitrogens with zero attached hydrogens (tertiary/aromatic N) is 2. The molecule has 0 atom stereocenters. The van der Waals surface area contributed by atoms with Gasteiger partial charge in [-0.05, 0) is 48.6 Å². The standard InChI is InChI=1S/C16H18FN3S/c17-13-4-2-1-3-11(13)9-14-19-20-15(21-14)18-10-16(7-8-16)12-5-6-12/h1-4,12H,5-10H2,(H,18,20). The summed E-state index contributed by atoms with van der Waals surface area (Å²) >= 11 is 1.54. The van der Waals surface area contributed by atoms with Crippen molar-refractivity contribution in [2.45, 2.75) is 32.1 Å². The average Bonchev–Trinajstić information content (AvgIpc) is 3.38. The Kier molecular flexibility index (Phi) is 3.17. The van der Waals surface area contributed by atoms with Gasteiger partial charge in [-0.2, -0.15) is 0 Å². The fraction of sp³-hybridized carbons (Fsp3) is 0.500. The molecular weight excluding hydrogens is 285 g/mol. The summed E-state index contributed by atoms with van der Waals surface area (Å²) in [6.45, 7) is 1.02. The Hall–Kier alpha value is -1.49. The summed E-state index contributed by atoms with van der Waals surface area (Å²) in [5.41, 5.74) is 1.23. The molecule has 1 aromatic heterocycles. The molecule has 21 heavy (non-hydrogen) atoms. The Bertz CT molecular complexity index is 646. The smallest absolute Gasteiger partial charge is 0.205 e. The highest BCUT2D eigenvalue weighted by Crippen LogP contribution is 2.61. The lowest BCUT2D eigenvalue weighted by Gasteiger charge is -2.13. The monoisotopic (exact) mass is 303 g/mol. The van der Waals surface area contributed by atoms with Crippen LogP contribution in [-0.2, 0) is 6.42 Å². The summed E-state index contributed by atoms with van der Waals surface area (Å²) < 4.78 is 13.6. The molecule has 2 aliphatic rings. The Morgan fingerprint density at radius 2 is 2.05 bits per heavy atom. The minimum Gasteiger partial charge on any atom is -0.360 e. The van der Waals surface area contributed by atoms with Crippen LogP contribution in [0.25, 0.3) is 0 Å². The van der Waals surface area contributed by atoms with Crippen molar-refractivity contribution >= 4 is 16.5 Å². The number of anilines is 1. The topological polar surface area (TPSA) is 37.8 Å². The molecule has 5 heteroatoms. The molecule has 0 unspecified atom stereocenters. The maximum atomic E-state index is 13.6. The molecular formula is C16H18FN3S. The van der Waals surface area contributed by atoms with Crippen molar-refractivity contribution in [3.63, 3.8) is 0 Å². The highest BCUT2D eigenvalue weighted by atomic mass is 32.1. The first-order chi connectivity index (χ1) is 10.3. The highest BCUT2D eigenvalue weighted by molar-refractivity contribution is 7.15. The van der Waals surface area contributed by atoms with Crippen molar-refractivity contribution in [3.8, 4) is 0 Å². The second kappa shape index (κ2) is 5.05. The fourth-order valence-corrected chi connectivity index (χ4v) is 3.80. The maximum Gasteiger partial charge on any atom is 0.205 e. The van der Waals surface area contributed by atoms with E-state index in [1.165, 1.54) is 43.1 Å². The van der Waals surface area contributed by atoms with Crippen LogP contribution in [0, 0.1) is 17.2 Å². The Morgan fingerprint density at radius 3 is 2.76 bits per heavy atom. The molecule has 0 saturated heterocycles. The molecule has 1 aromatic carbocycles. The van der Waals surface area contributed by atoms with Crippen LogP contribution in [0.1, 0.15) is 36.3 Å². The van der Waals surface area contributed by atoms with Crippen LogP contribution in [0.15, 0.2) is 24.3 Å². The Labute approximate surface area is 127 Å². The zero-order chi connectivity index (χ0) is 14.3. The predicted molar refractivity (Wildman–Crippen MR) is 82.0 cm³/mol. The van der Waals surface area contributed by atoms with Crippen LogP contribution in [0.5, 0.6) is 0 Å². The second-order valence-electron chi connectivity index (χ2n) is 6.26. The van der Waals surface area contributed by atoms with Gasteiger partial charge in [-0.25, -0.2) is 4.39 Å². The van der Waals surface area contributed by atoms with E-state index < -0.39 is 0 Å². The summed E-state index contributed by atoms with van der Waals surface area (Å²) in [6.07, 6.45) is 6.02. The first-order valence-electron chi connectivity index (χ1n) is 7.55. The van der Waals surface area contributed by atoms with Gasteiger partial charge in [0, 0.05) is 13.0 Å². The zero-order valence-corrected chi connectivity index (χ0v) is 12.6. The molecule has 0 spiro atoms. The summed E-state index contributed by atoms with van der Waals surface area (Å²) in [7, 11) is 0. The van der Waals surface area contributed by atoms with E-state index in [-0.39, 0.29) is 5.82 Å². The van der Waals surface area contributed by atoms with E-state index in [0.29, 0.717) is 17.4 Å². The quantitative estimate of drug-likeness (QED) is 0.880. The highest BCUT2D eigenvalue weighted by Gasteiger charge is 2.53. The number of halogens is 1. The lowest BCUT2D eigenvalue weighted by atomic mass is 10.0. The first-order valence-corrected chi connectivity index (χ1v) is 8.36. The van der Waals surface area contributed by atoms with E-state index in [0.717, 1.165) is 22.6 Å². The van der Waals surface area contributed by atoms with Gasteiger partial charge in [0.15, 0.2) is 0 Å². The molecule has 0 aliphatic heterocycles. The number of hydrogen-bond donors (Lipinski definition) is 1. The van der Waals surface area contributed by atoms with E-state index in [9.17, 15) is 4.39 Å². The second-order valence-corrected chi connectivity index (χ2v) is 7.32. The number of nitrogens with one attached hydrogen (secondary N) is 1. The molecule has 0 bridgehead atoms. The summed E-state index contributed by atoms with van der Waals surface area (Å²) in [5, 5.41) is 13.5. The Balaban J connectivity index is 1.38. The van der Waals surface area contributed by atoms with Crippen molar-refractivity contribution < 1.29 is 4.39 Å². The van der Waals surface area contributed by atoms with E-state index >= 15 is 0 Å². The van der Waals surface area contributed by atoms with Crippen LogP contribution in [0.3, 0.4) is 0 Å². The van der Waals surface area contributed by atoms with Gasteiger partial charge in [0.25, 0.3) is 0 Å². The normalized spacial score (nSPS) is 19.5. The van der Waals surface area contributed by atoms with Crippen molar-refractivity contribution in [1.29, 1.82) is 0 Å². The fourth-order valence-electron chi connectivity index (χ4n) is 3.04. The van der Waals surface area contributed by atoms with Gasteiger partial charge in [-0.1, -0.05) is 29.5 Å². The van der Waals surface area contributed by atoms with Crippen molar-refractivity contribution in [3.05, 3.63) is 40.7 Å². The molecule has 2 fully saturated rings. The van der Waals surface area contributed by atoms with Gasteiger partial charge in [0.2, 0.25) is 5.13 Å². The predicted octanol–water partition coefficient (Wildman–Crippen LogP) is 3.87. The zero-order valence-electron chi connectivity index (χ0n) is 11.8. The van der Waals surface area contributed by atoms with Crippen LogP contribution >= 0.6 is 11.3 Å². The van der Waals surface area contributed by atoms with E-state index in [1.807, 2.05) is 6.07 Å². The molecule has 2 aromatic rings. The number of rotatable bonds is 6. The van der Waals surface area contributed by atoms with Crippen molar-refractivity contribution in [2.75, 3.05) is 11.9 Å². The van der Waals surface area contributed by atoms with E-state index in [1.54, 1.807) is 12.1 Å². The van der Waals surface area contributed by atoms with E-state index in [4.69, 9.17) is 0 Å². The molecule has 3 nitrogen and oxygen atoms in total. The first kappa shape index (κ1) is 13.2. The van der Waals surface area contributed by atoms with E-state index in [2.05, 4.69) is 15.5 Å². The van der Waals surface area contributed by atoms with Gasteiger partial charge in [-0.15, -0.1) is 10.2 Å². The minimum absolute atomic E-state index is 0.173. The lowest BCUT2D eigenvalue weighted by molar-refractivity contribution is 0.466. The number of benzene rings is 1. The molecule has 1 heterocycles. The summed E-state index contributed by atoms with van der Waals surface area (Å²) in [5.74, 6) is 0.767. The van der Waals surface area contributed by atoms with Crippen molar-refractivity contribution in [1.82, 2.24) is 10.2 Å². The third-order valence-electron chi connectivity index (χ3n) is 4.69. The Morgan fingerprint density at radius 1 is 1.24 bits per heavy atom. The van der Waals surface area contributed by atoms with Gasteiger partial charge >= 0.3 is 0 Å². The molecule has 1 N–H and O–H groups in total. The maximum absolute atomic E-state index is 13.6. The number of aromatic nitrogens is 2. The van der Waals surface area contributed by atoms with Crippen LogP contribution in [-0.4, -0.2) is 16.7 Å². The van der Waals surface area contributed by atoms with Crippen molar-refractivity contribution in [2.24, 2.45) is 11.3 Å².